The van der Waals surface area contributed by atoms with E-state index in [0.29, 0.717) is 29.8 Å². The number of carbonyl (C=O) groups excluding carboxylic acids is 1. The molecular weight excluding hydrogens is 386 g/mol. The number of hydrogen-bond acceptors (Lipinski definition) is 4. The molecule has 0 spiro atoms. The molecule has 1 aliphatic carbocycles. The first-order valence-electron chi connectivity index (χ1n) is 8.77. The molecule has 2 aromatic rings. The molecular formula is C20H22ClNO4S. The highest BCUT2D eigenvalue weighted by Gasteiger charge is 2.45. The number of nitrogens with one attached hydrogen (secondary N) is 1. The summed E-state index contributed by atoms with van der Waals surface area (Å²) in [6.07, 6.45) is 1.67. The fourth-order valence-corrected chi connectivity index (χ4v) is 5.36. The highest BCUT2D eigenvalue weighted by atomic mass is 35.5. The Morgan fingerprint density at radius 1 is 1.22 bits per heavy atom. The second kappa shape index (κ2) is 7.62. The minimum absolute atomic E-state index is 0.0516. The molecule has 0 saturated carbocycles. The molecule has 0 heterocycles. The van der Waals surface area contributed by atoms with Crippen LogP contribution in [0.5, 0.6) is 0 Å². The topological polar surface area (TPSA) is 72.5 Å². The molecule has 0 aromatic heterocycles. The van der Waals surface area contributed by atoms with Crippen molar-refractivity contribution in [1.29, 1.82) is 0 Å². The highest BCUT2D eigenvalue weighted by Crippen LogP contribution is 2.44. The molecule has 1 atom stereocenters. The molecule has 7 heteroatoms. The summed E-state index contributed by atoms with van der Waals surface area (Å²) in [6, 6.07) is 12.0. The summed E-state index contributed by atoms with van der Waals surface area (Å²) in [5.74, 6) is -0.516. The van der Waals surface area contributed by atoms with Gasteiger partial charge in [0, 0.05) is 12.1 Å². The Morgan fingerprint density at radius 2 is 1.96 bits per heavy atom. The average Bonchev–Trinajstić information content (AvgIpc) is 3.03. The van der Waals surface area contributed by atoms with Gasteiger partial charge in [-0.1, -0.05) is 48.9 Å². The maximum atomic E-state index is 13.2. The fourth-order valence-electron chi connectivity index (χ4n) is 3.81. The molecule has 27 heavy (non-hydrogen) atoms. The third kappa shape index (κ3) is 3.49. The van der Waals surface area contributed by atoms with E-state index in [1.54, 1.807) is 30.3 Å². The summed E-state index contributed by atoms with van der Waals surface area (Å²) in [4.78, 5) is 13.2. The number of fused-ring (bicyclic) bond motifs is 1. The number of amides is 1. The lowest BCUT2D eigenvalue weighted by Crippen LogP contribution is -2.45. The molecule has 0 aliphatic heterocycles. The van der Waals surface area contributed by atoms with Crippen molar-refractivity contribution < 1.29 is 17.9 Å². The van der Waals surface area contributed by atoms with E-state index in [0.717, 1.165) is 11.1 Å². The number of halogens is 1. The highest BCUT2D eigenvalue weighted by molar-refractivity contribution is 7.90. The SMILES string of the molecule is CCC1(C(=O)NS(=O)(=O)c2ccccc2COC)CCc2c(Cl)cccc21. The van der Waals surface area contributed by atoms with Gasteiger partial charge in [-0.2, -0.15) is 0 Å². The van der Waals surface area contributed by atoms with Crippen LogP contribution in [0, 0.1) is 0 Å². The van der Waals surface area contributed by atoms with Gasteiger partial charge >= 0.3 is 0 Å². The molecule has 0 fully saturated rings. The van der Waals surface area contributed by atoms with E-state index in [2.05, 4.69) is 4.72 Å². The van der Waals surface area contributed by atoms with Crippen LogP contribution >= 0.6 is 11.6 Å². The normalized spacial score (nSPS) is 18.9. The van der Waals surface area contributed by atoms with Gasteiger partial charge in [-0.15, -0.1) is 0 Å². The smallest absolute Gasteiger partial charge is 0.264 e. The Hall–Kier alpha value is -1.89. The second-order valence-electron chi connectivity index (χ2n) is 6.68. The van der Waals surface area contributed by atoms with Crippen molar-refractivity contribution in [2.75, 3.05) is 7.11 Å². The molecule has 1 unspecified atom stereocenters. The molecule has 0 radical (unpaired) electrons. The number of carbonyl (C=O) groups is 1. The van der Waals surface area contributed by atoms with Crippen molar-refractivity contribution in [3.05, 3.63) is 64.2 Å². The van der Waals surface area contributed by atoms with E-state index >= 15 is 0 Å². The number of benzene rings is 2. The molecule has 3 rings (SSSR count). The molecule has 144 valence electrons. The first-order valence-corrected chi connectivity index (χ1v) is 10.6. The van der Waals surface area contributed by atoms with Crippen LogP contribution in [0.1, 0.15) is 36.5 Å². The standard InChI is InChI=1S/C20H22ClNO4S/c1-3-20(12-11-15-16(20)8-6-9-17(15)21)19(23)22-27(24,25)18-10-5-4-7-14(18)13-26-2/h4-10H,3,11-13H2,1-2H3,(H,22,23). The molecule has 1 N–H and O–H groups in total. The summed E-state index contributed by atoms with van der Waals surface area (Å²) in [5.41, 5.74) is 1.34. The van der Waals surface area contributed by atoms with Crippen molar-refractivity contribution >= 4 is 27.5 Å². The van der Waals surface area contributed by atoms with Crippen LogP contribution in [0.3, 0.4) is 0 Å². The van der Waals surface area contributed by atoms with Gasteiger partial charge < -0.3 is 4.74 Å². The van der Waals surface area contributed by atoms with E-state index in [9.17, 15) is 13.2 Å². The Labute approximate surface area is 164 Å². The molecule has 2 aromatic carbocycles. The van der Waals surface area contributed by atoms with E-state index in [4.69, 9.17) is 16.3 Å². The van der Waals surface area contributed by atoms with Crippen molar-refractivity contribution in [3.8, 4) is 0 Å². The maximum Gasteiger partial charge on any atom is 0.264 e. The fraction of sp³-hybridized carbons (Fsp3) is 0.350. The van der Waals surface area contributed by atoms with Crippen molar-refractivity contribution in [1.82, 2.24) is 4.72 Å². The summed E-state index contributed by atoms with van der Waals surface area (Å²) in [5, 5.41) is 0.615. The van der Waals surface area contributed by atoms with Crippen molar-refractivity contribution in [2.45, 2.75) is 43.1 Å². The van der Waals surface area contributed by atoms with E-state index < -0.39 is 21.3 Å². The molecule has 5 nitrogen and oxygen atoms in total. The zero-order valence-corrected chi connectivity index (χ0v) is 16.9. The first-order chi connectivity index (χ1) is 12.9. The van der Waals surface area contributed by atoms with Gasteiger partial charge in [0.15, 0.2) is 0 Å². The minimum Gasteiger partial charge on any atom is -0.380 e. The van der Waals surface area contributed by atoms with Gasteiger partial charge in [-0.05, 0) is 48.1 Å². The molecule has 0 saturated heterocycles. The van der Waals surface area contributed by atoms with Crippen LogP contribution in [-0.4, -0.2) is 21.4 Å². The van der Waals surface area contributed by atoms with Crippen LogP contribution in [0.25, 0.3) is 0 Å². The lowest BCUT2D eigenvalue weighted by molar-refractivity contribution is -0.125. The number of rotatable bonds is 6. The predicted molar refractivity (Wildman–Crippen MR) is 104 cm³/mol. The molecule has 1 amide bonds. The predicted octanol–water partition coefficient (Wildman–Crippen LogP) is 3.59. The quantitative estimate of drug-likeness (QED) is 0.794. The molecule has 0 bridgehead atoms. The number of hydrogen-bond donors (Lipinski definition) is 1. The first kappa shape index (κ1) is 19.9. The second-order valence-corrected chi connectivity index (χ2v) is 8.73. The van der Waals surface area contributed by atoms with Gasteiger partial charge in [0.25, 0.3) is 10.0 Å². The van der Waals surface area contributed by atoms with Crippen LogP contribution < -0.4 is 4.72 Å². The van der Waals surface area contributed by atoms with Crippen LogP contribution in [-0.2, 0) is 38.0 Å². The molecule has 1 aliphatic rings. The van der Waals surface area contributed by atoms with Gasteiger partial charge in [0.05, 0.1) is 16.9 Å². The summed E-state index contributed by atoms with van der Waals surface area (Å²) in [7, 11) is -2.53. The van der Waals surface area contributed by atoms with E-state index in [-0.39, 0.29) is 11.5 Å². The third-order valence-electron chi connectivity index (χ3n) is 5.26. The monoisotopic (exact) mass is 407 g/mol. The number of ether oxygens (including phenoxy) is 1. The van der Waals surface area contributed by atoms with Crippen molar-refractivity contribution in [3.63, 3.8) is 0 Å². The Bertz CT molecular complexity index is 974. The lowest BCUT2D eigenvalue weighted by Gasteiger charge is -2.28. The zero-order chi connectivity index (χ0) is 19.7. The maximum absolute atomic E-state index is 13.2. The van der Waals surface area contributed by atoms with E-state index in [1.807, 2.05) is 13.0 Å². The van der Waals surface area contributed by atoms with Gasteiger partial charge in [-0.25, -0.2) is 13.1 Å². The van der Waals surface area contributed by atoms with E-state index in [1.165, 1.54) is 13.2 Å². The average molecular weight is 408 g/mol. The third-order valence-corrected chi connectivity index (χ3v) is 7.05. The van der Waals surface area contributed by atoms with Gasteiger partial charge in [0.1, 0.15) is 0 Å². The van der Waals surface area contributed by atoms with Crippen molar-refractivity contribution in [2.24, 2.45) is 0 Å². The van der Waals surface area contributed by atoms with Crippen LogP contribution in [0.15, 0.2) is 47.4 Å². The van der Waals surface area contributed by atoms with Crippen LogP contribution in [0.4, 0.5) is 0 Å². The Kier molecular flexibility index (Phi) is 5.60. The summed E-state index contributed by atoms with van der Waals surface area (Å²) < 4.78 is 33.2. The lowest BCUT2D eigenvalue weighted by atomic mass is 9.79. The van der Waals surface area contributed by atoms with Crippen LogP contribution in [0.2, 0.25) is 5.02 Å². The van der Waals surface area contributed by atoms with Gasteiger partial charge in [-0.3, -0.25) is 4.79 Å². The zero-order valence-electron chi connectivity index (χ0n) is 15.3. The summed E-state index contributed by atoms with van der Waals surface area (Å²) >= 11 is 6.28. The minimum atomic E-state index is -4.02. The Morgan fingerprint density at radius 3 is 2.67 bits per heavy atom. The largest absolute Gasteiger partial charge is 0.380 e. The van der Waals surface area contributed by atoms with Gasteiger partial charge in [0.2, 0.25) is 5.91 Å². The number of methoxy groups -OCH3 is 1. The Balaban J connectivity index is 1.97. The number of sulfonamides is 1. The summed E-state index contributed by atoms with van der Waals surface area (Å²) in [6.45, 7) is 2.03.